The lowest BCUT2D eigenvalue weighted by Crippen LogP contribution is -2.12. The quantitative estimate of drug-likeness (QED) is 0.776. The lowest BCUT2D eigenvalue weighted by atomic mass is 10.1. The summed E-state index contributed by atoms with van der Waals surface area (Å²) in [7, 11) is 0. The second kappa shape index (κ2) is 5.20. The van der Waals surface area contributed by atoms with E-state index < -0.39 is 0 Å². The van der Waals surface area contributed by atoms with Gasteiger partial charge in [0.15, 0.2) is 0 Å². The fourth-order valence-corrected chi connectivity index (χ4v) is 2.05. The van der Waals surface area contributed by atoms with Crippen LogP contribution >= 0.6 is 0 Å². The van der Waals surface area contributed by atoms with E-state index >= 15 is 0 Å². The Kier molecular flexibility index (Phi) is 3.25. The highest BCUT2D eigenvalue weighted by atomic mass is 16.5. The number of aromatic nitrogens is 2. The molecule has 0 saturated heterocycles. The molecular weight excluding hydrogens is 238 g/mol. The summed E-state index contributed by atoms with van der Waals surface area (Å²) >= 11 is 0. The number of nitrogens with one attached hydrogen (secondary N) is 1. The van der Waals surface area contributed by atoms with Crippen LogP contribution in [-0.4, -0.2) is 10.1 Å². The van der Waals surface area contributed by atoms with E-state index in [9.17, 15) is 0 Å². The van der Waals surface area contributed by atoms with Crippen LogP contribution < -0.4 is 5.32 Å². The first-order chi connectivity index (χ1) is 9.31. The molecule has 1 N–H and O–H groups in total. The molecular formula is C15H15N3O. The molecule has 96 valence electrons. The van der Waals surface area contributed by atoms with Gasteiger partial charge >= 0.3 is 0 Å². The first kappa shape index (κ1) is 11.9. The highest BCUT2D eigenvalue weighted by molar-refractivity contribution is 5.79. The van der Waals surface area contributed by atoms with E-state index in [2.05, 4.69) is 39.7 Å². The monoisotopic (exact) mass is 253 g/mol. The van der Waals surface area contributed by atoms with Gasteiger partial charge in [-0.3, -0.25) is 4.98 Å². The van der Waals surface area contributed by atoms with E-state index in [1.54, 1.807) is 6.20 Å². The van der Waals surface area contributed by atoms with E-state index in [4.69, 9.17) is 4.52 Å². The highest BCUT2D eigenvalue weighted by Gasteiger charge is 2.00. The molecule has 0 atom stereocenters. The predicted molar refractivity (Wildman–Crippen MR) is 73.5 cm³/mol. The maximum atomic E-state index is 5.03. The topological polar surface area (TPSA) is 51.0 Å². The van der Waals surface area contributed by atoms with E-state index in [0.29, 0.717) is 6.54 Å². The third kappa shape index (κ3) is 2.80. The van der Waals surface area contributed by atoms with Gasteiger partial charge in [-0.25, -0.2) is 0 Å². The van der Waals surface area contributed by atoms with Crippen LogP contribution in [0.3, 0.4) is 0 Å². The average molecular weight is 253 g/mol. The van der Waals surface area contributed by atoms with Crippen LogP contribution in [0.1, 0.15) is 17.0 Å². The smallest absolute Gasteiger partial charge is 0.150 e. The van der Waals surface area contributed by atoms with Gasteiger partial charge in [0.1, 0.15) is 5.76 Å². The highest BCUT2D eigenvalue weighted by Crippen LogP contribution is 2.14. The van der Waals surface area contributed by atoms with Crippen molar-refractivity contribution in [3.63, 3.8) is 0 Å². The van der Waals surface area contributed by atoms with Gasteiger partial charge in [-0.2, -0.15) is 0 Å². The zero-order chi connectivity index (χ0) is 13.1. The van der Waals surface area contributed by atoms with Crippen LogP contribution in [0.25, 0.3) is 10.9 Å². The van der Waals surface area contributed by atoms with E-state index in [1.165, 1.54) is 10.9 Å². The van der Waals surface area contributed by atoms with Crippen LogP contribution in [0.4, 0.5) is 0 Å². The molecule has 2 heterocycles. The summed E-state index contributed by atoms with van der Waals surface area (Å²) < 4.78 is 5.03. The molecule has 2 aromatic heterocycles. The Hall–Kier alpha value is -2.20. The summed E-state index contributed by atoms with van der Waals surface area (Å²) in [4.78, 5) is 4.49. The number of pyridine rings is 1. The molecule has 3 aromatic rings. The second-order valence-electron chi connectivity index (χ2n) is 4.56. The zero-order valence-corrected chi connectivity index (χ0v) is 10.8. The van der Waals surface area contributed by atoms with Gasteiger partial charge in [0.2, 0.25) is 0 Å². The largest absolute Gasteiger partial charge is 0.360 e. The summed E-state index contributed by atoms with van der Waals surface area (Å²) in [5.74, 6) is 0.845. The van der Waals surface area contributed by atoms with E-state index in [1.807, 2.05) is 19.1 Å². The number of aryl methyl sites for hydroxylation is 1. The Morgan fingerprint density at radius 2 is 2.05 bits per heavy atom. The van der Waals surface area contributed by atoms with E-state index in [0.717, 1.165) is 23.5 Å². The number of hydrogen-bond donors (Lipinski definition) is 1. The van der Waals surface area contributed by atoms with Crippen molar-refractivity contribution in [1.82, 2.24) is 15.5 Å². The Bertz CT molecular complexity index is 677. The van der Waals surface area contributed by atoms with Gasteiger partial charge < -0.3 is 9.84 Å². The minimum atomic E-state index is 0.685. The summed E-state index contributed by atoms with van der Waals surface area (Å²) in [6, 6.07) is 12.3. The van der Waals surface area contributed by atoms with Crippen molar-refractivity contribution >= 4 is 10.9 Å². The summed E-state index contributed by atoms with van der Waals surface area (Å²) in [6.45, 7) is 3.49. The van der Waals surface area contributed by atoms with Gasteiger partial charge in [0, 0.05) is 23.7 Å². The maximum Gasteiger partial charge on any atom is 0.150 e. The molecule has 19 heavy (non-hydrogen) atoms. The molecule has 0 aliphatic rings. The third-order valence-electron chi connectivity index (χ3n) is 3.01. The molecule has 0 saturated carbocycles. The zero-order valence-electron chi connectivity index (χ0n) is 10.8. The number of rotatable bonds is 4. The Morgan fingerprint density at radius 1 is 1.11 bits per heavy atom. The van der Waals surface area contributed by atoms with Crippen molar-refractivity contribution in [2.75, 3.05) is 0 Å². The lowest BCUT2D eigenvalue weighted by Gasteiger charge is -2.05. The van der Waals surface area contributed by atoms with Crippen molar-refractivity contribution in [2.45, 2.75) is 20.0 Å². The number of hydrogen-bond acceptors (Lipinski definition) is 4. The van der Waals surface area contributed by atoms with Crippen molar-refractivity contribution in [1.29, 1.82) is 0 Å². The molecule has 3 rings (SSSR count). The SMILES string of the molecule is Cc1ccc2cc(CNCc3ccno3)ccc2n1. The second-order valence-corrected chi connectivity index (χ2v) is 4.56. The lowest BCUT2D eigenvalue weighted by molar-refractivity contribution is 0.373. The van der Waals surface area contributed by atoms with E-state index in [-0.39, 0.29) is 0 Å². The number of nitrogens with zero attached hydrogens (tertiary/aromatic N) is 2. The molecule has 0 unspecified atom stereocenters. The Balaban J connectivity index is 1.69. The van der Waals surface area contributed by atoms with Crippen LogP contribution in [-0.2, 0) is 13.1 Å². The fraction of sp³-hybridized carbons (Fsp3) is 0.200. The predicted octanol–water partition coefficient (Wildman–Crippen LogP) is 2.82. The standard InChI is InChI=1S/C15H15N3O/c1-11-2-4-13-8-12(3-5-15(13)18-11)9-16-10-14-6-7-17-19-14/h2-8,16H,9-10H2,1H3. The molecule has 0 radical (unpaired) electrons. The summed E-state index contributed by atoms with van der Waals surface area (Å²) in [6.07, 6.45) is 1.65. The van der Waals surface area contributed by atoms with Crippen LogP contribution in [0.5, 0.6) is 0 Å². The molecule has 0 aliphatic carbocycles. The van der Waals surface area contributed by atoms with Crippen molar-refractivity contribution in [3.05, 3.63) is 59.6 Å². The van der Waals surface area contributed by atoms with Crippen molar-refractivity contribution in [2.24, 2.45) is 0 Å². The van der Waals surface area contributed by atoms with Gasteiger partial charge in [0.25, 0.3) is 0 Å². The average Bonchev–Trinajstić information content (AvgIpc) is 2.92. The summed E-state index contributed by atoms with van der Waals surface area (Å²) in [5.41, 5.74) is 3.32. The molecule has 0 amide bonds. The fourth-order valence-electron chi connectivity index (χ4n) is 2.05. The van der Waals surface area contributed by atoms with Crippen LogP contribution in [0.15, 0.2) is 47.1 Å². The van der Waals surface area contributed by atoms with Crippen LogP contribution in [0.2, 0.25) is 0 Å². The van der Waals surface area contributed by atoms with Gasteiger partial charge in [-0.1, -0.05) is 17.3 Å². The maximum absolute atomic E-state index is 5.03. The van der Waals surface area contributed by atoms with Gasteiger partial charge in [-0.05, 0) is 30.7 Å². The minimum Gasteiger partial charge on any atom is -0.360 e. The Labute approximate surface area is 111 Å². The molecule has 1 aromatic carbocycles. The molecule has 0 fully saturated rings. The first-order valence-electron chi connectivity index (χ1n) is 6.28. The third-order valence-corrected chi connectivity index (χ3v) is 3.01. The van der Waals surface area contributed by atoms with Gasteiger partial charge in [0.05, 0.1) is 18.3 Å². The van der Waals surface area contributed by atoms with Crippen LogP contribution in [0, 0.1) is 6.92 Å². The van der Waals surface area contributed by atoms with Crippen molar-refractivity contribution < 1.29 is 4.52 Å². The molecule has 4 nitrogen and oxygen atoms in total. The molecule has 0 aliphatic heterocycles. The first-order valence-corrected chi connectivity index (χ1v) is 6.28. The molecule has 4 heteroatoms. The molecule has 0 spiro atoms. The Morgan fingerprint density at radius 3 is 2.89 bits per heavy atom. The summed E-state index contributed by atoms with van der Waals surface area (Å²) in [5, 5.41) is 8.17. The number of fused-ring (bicyclic) bond motifs is 1. The molecule has 0 bridgehead atoms. The van der Waals surface area contributed by atoms with Crippen molar-refractivity contribution in [3.8, 4) is 0 Å². The minimum absolute atomic E-state index is 0.685. The number of benzene rings is 1. The normalized spacial score (nSPS) is 11.0. The van der Waals surface area contributed by atoms with Gasteiger partial charge in [-0.15, -0.1) is 0 Å².